The molecule has 1 aliphatic carbocycles. The molecule has 4 nitrogen and oxygen atoms in total. The Labute approximate surface area is 130 Å². The van der Waals surface area contributed by atoms with Gasteiger partial charge in [0.15, 0.2) is 5.17 Å². The quantitative estimate of drug-likeness (QED) is 0.897. The maximum absolute atomic E-state index is 5.18. The molecular weight excluding hydrogens is 282 g/mol. The molecule has 0 saturated heterocycles. The molecule has 112 valence electrons. The van der Waals surface area contributed by atoms with E-state index in [4.69, 9.17) is 9.73 Å². The summed E-state index contributed by atoms with van der Waals surface area (Å²) in [6.45, 7) is 0. The summed E-state index contributed by atoms with van der Waals surface area (Å²) in [5, 5.41) is 3.08. The molecule has 1 aromatic rings. The summed E-state index contributed by atoms with van der Waals surface area (Å²) in [4.78, 5) is 4.79. The van der Waals surface area contributed by atoms with Crippen LogP contribution < -0.4 is 15.6 Å². The van der Waals surface area contributed by atoms with Gasteiger partial charge in [0, 0.05) is 11.0 Å². The summed E-state index contributed by atoms with van der Waals surface area (Å²) >= 11 is 1.65. The fourth-order valence-electron chi connectivity index (χ4n) is 2.64. The van der Waals surface area contributed by atoms with Crippen molar-refractivity contribution in [2.24, 2.45) is 4.99 Å². The van der Waals surface area contributed by atoms with E-state index in [-0.39, 0.29) is 0 Å². The SMILES string of the molecule is COc1ccc(C2=CSC(=NC3CCCCC3)NN2)cc1. The average molecular weight is 303 g/mol. The summed E-state index contributed by atoms with van der Waals surface area (Å²) in [5.41, 5.74) is 8.63. The summed E-state index contributed by atoms with van der Waals surface area (Å²) in [6.07, 6.45) is 6.43. The second kappa shape index (κ2) is 6.89. The van der Waals surface area contributed by atoms with Crippen molar-refractivity contribution in [2.45, 2.75) is 38.1 Å². The van der Waals surface area contributed by atoms with Gasteiger partial charge in [-0.15, -0.1) is 0 Å². The first-order valence-electron chi connectivity index (χ1n) is 7.46. The molecule has 1 heterocycles. The van der Waals surface area contributed by atoms with Crippen LogP contribution in [-0.2, 0) is 0 Å². The van der Waals surface area contributed by atoms with E-state index in [1.165, 1.54) is 32.1 Å². The lowest BCUT2D eigenvalue weighted by molar-refractivity contribution is 0.415. The number of aliphatic imine (C=N–C) groups is 1. The standard InChI is InChI=1S/C16H21N3OS/c1-20-14-9-7-12(8-10-14)15-11-21-16(19-18-15)17-13-5-3-2-4-6-13/h7-11,13,18H,2-6H2,1H3,(H,17,19). The van der Waals surface area contributed by atoms with Gasteiger partial charge in [-0.3, -0.25) is 15.8 Å². The van der Waals surface area contributed by atoms with Gasteiger partial charge in [-0.2, -0.15) is 0 Å². The molecule has 0 bridgehead atoms. The maximum atomic E-state index is 5.18. The monoisotopic (exact) mass is 303 g/mol. The van der Waals surface area contributed by atoms with E-state index in [0.717, 1.165) is 22.2 Å². The number of nitrogens with zero attached hydrogens (tertiary/aromatic N) is 1. The zero-order valence-electron chi connectivity index (χ0n) is 12.3. The minimum absolute atomic E-state index is 0.492. The van der Waals surface area contributed by atoms with Crippen LogP contribution in [0.25, 0.3) is 5.70 Å². The zero-order valence-corrected chi connectivity index (χ0v) is 13.1. The van der Waals surface area contributed by atoms with E-state index in [0.29, 0.717) is 6.04 Å². The van der Waals surface area contributed by atoms with Crippen molar-refractivity contribution in [2.75, 3.05) is 7.11 Å². The number of hydrogen-bond donors (Lipinski definition) is 2. The maximum Gasteiger partial charge on any atom is 0.180 e. The number of hydrogen-bond acceptors (Lipinski definition) is 4. The lowest BCUT2D eigenvalue weighted by Gasteiger charge is -2.22. The molecule has 1 aliphatic heterocycles. The van der Waals surface area contributed by atoms with Crippen molar-refractivity contribution in [1.82, 2.24) is 10.9 Å². The molecule has 0 aromatic heterocycles. The summed E-state index contributed by atoms with van der Waals surface area (Å²) in [6, 6.07) is 8.51. The van der Waals surface area contributed by atoms with Gasteiger partial charge >= 0.3 is 0 Å². The summed E-state index contributed by atoms with van der Waals surface area (Å²) in [7, 11) is 1.68. The number of ether oxygens (including phenoxy) is 1. The second-order valence-corrected chi connectivity index (χ2v) is 6.21. The number of amidine groups is 1. The number of nitrogens with one attached hydrogen (secondary N) is 2. The Kier molecular flexibility index (Phi) is 4.70. The summed E-state index contributed by atoms with van der Waals surface area (Å²) < 4.78 is 5.18. The molecule has 0 radical (unpaired) electrons. The van der Waals surface area contributed by atoms with Gasteiger partial charge in [0.2, 0.25) is 0 Å². The fraction of sp³-hybridized carbons (Fsp3) is 0.438. The van der Waals surface area contributed by atoms with Crippen LogP contribution in [0.4, 0.5) is 0 Å². The van der Waals surface area contributed by atoms with Crippen molar-refractivity contribution < 1.29 is 4.74 Å². The Morgan fingerprint density at radius 2 is 1.86 bits per heavy atom. The number of methoxy groups -OCH3 is 1. The van der Waals surface area contributed by atoms with Gasteiger partial charge in [0.25, 0.3) is 0 Å². The van der Waals surface area contributed by atoms with Gasteiger partial charge in [-0.05, 0) is 37.1 Å². The highest BCUT2D eigenvalue weighted by atomic mass is 32.2. The van der Waals surface area contributed by atoms with Crippen LogP contribution in [0.2, 0.25) is 0 Å². The van der Waals surface area contributed by atoms with Crippen LogP contribution in [-0.4, -0.2) is 18.3 Å². The molecule has 0 spiro atoms. The molecule has 1 saturated carbocycles. The highest BCUT2D eigenvalue weighted by Gasteiger charge is 2.15. The average Bonchev–Trinajstić information content (AvgIpc) is 2.57. The third kappa shape index (κ3) is 3.73. The van der Waals surface area contributed by atoms with Crippen molar-refractivity contribution >= 4 is 22.6 Å². The topological polar surface area (TPSA) is 45.6 Å². The Hall–Kier alpha value is -1.62. The van der Waals surface area contributed by atoms with E-state index >= 15 is 0 Å². The first-order valence-corrected chi connectivity index (χ1v) is 8.34. The molecule has 0 unspecified atom stereocenters. The van der Waals surface area contributed by atoms with Crippen molar-refractivity contribution in [1.29, 1.82) is 0 Å². The van der Waals surface area contributed by atoms with E-state index < -0.39 is 0 Å². The lowest BCUT2D eigenvalue weighted by atomic mass is 9.96. The predicted molar refractivity (Wildman–Crippen MR) is 89.1 cm³/mol. The minimum Gasteiger partial charge on any atom is -0.497 e. The van der Waals surface area contributed by atoms with E-state index in [2.05, 4.69) is 16.3 Å². The highest BCUT2D eigenvalue weighted by Crippen LogP contribution is 2.25. The zero-order chi connectivity index (χ0) is 14.5. The van der Waals surface area contributed by atoms with Gasteiger partial charge in [0.05, 0.1) is 18.8 Å². The van der Waals surface area contributed by atoms with Crippen molar-refractivity contribution in [3.63, 3.8) is 0 Å². The minimum atomic E-state index is 0.492. The number of thioether (sulfide) groups is 1. The molecule has 3 rings (SSSR count). The van der Waals surface area contributed by atoms with Crippen LogP contribution in [0.15, 0.2) is 34.7 Å². The molecule has 1 fully saturated rings. The number of benzene rings is 1. The van der Waals surface area contributed by atoms with E-state index in [9.17, 15) is 0 Å². The normalized spacial score (nSPS) is 21.4. The van der Waals surface area contributed by atoms with Crippen LogP contribution in [0.3, 0.4) is 0 Å². The predicted octanol–water partition coefficient (Wildman–Crippen LogP) is 3.52. The molecule has 2 N–H and O–H groups in total. The second-order valence-electron chi connectivity index (χ2n) is 5.35. The molecule has 21 heavy (non-hydrogen) atoms. The van der Waals surface area contributed by atoms with Gasteiger partial charge < -0.3 is 4.74 Å². The Bertz CT molecular complexity index is 533. The molecule has 5 heteroatoms. The summed E-state index contributed by atoms with van der Waals surface area (Å²) in [5.74, 6) is 0.871. The first kappa shape index (κ1) is 14.3. The van der Waals surface area contributed by atoms with Crippen molar-refractivity contribution in [3.05, 3.63) is 35.2 Å². The lowest BCUT2D eigenvalue weighted by Crippen LogP contribution is -2.37. The van der Waals surface area contributed by atoms with Crippen molar-refractivity contribution in [3.8, 4) is 5.75 Å². The molecule has 2 aliphatic rings. The molecular formula is C16H21N3OS. The van der Waals surface area contributed by atoms with Gasteiger partial charge in [0.1, 0.15) is 5.75 Å². The fourth-order valence-corrected chi connectivity index (χ4v) is 3.39. The Balaban J connectivity index is 1.64. The Morgan fingerprint density at radius 3 is 2.48 bits per heavy atom. The third-order valence-electron chi connectivity index (χ3n) is 3.87. The molecule has 1 aromatic carbocycles. The van der Waals surface area contributed by atoms with Crippen LogP contribution in [0, 0.1) is 0 Å². The number of rotatable bonds is 3. The van der Waals surface area contributed by atoms with Crippen LogP contribution in [0.5, 0.6) is 5.75 Å². The van der Waals surface area contributed by atoms with Gasteiger partial charge in [-0.1, -0.05) is 31.0 Å². The van der Waals surface area contributed by atoms with E-state index in [1.807, 2.05) is 24.3 Å². The smallest absolute Gasteiger partial charge is 0.180 e. The third-order valence-corrected chi connectivity index (χ3v) is 4.65. The Morgan fingerprint density at radius 1 is 1.10 bits per heavy atom. The highest BCUT2D eigenvalue weighted by molar-refractivity contribution is 8.16. The van der Waals surface area contributed by atoms with Crippen LogP contribution in [0.1, 0.15) is 37.7 Å². The molecule has 0 amide bonds. The molecule has 0 atom stereocenters. The van der Waals surface area contributed by atoms with E-state index in [1.54, 1.807) is 18.9 Å². The van der Waals surface area contributed by atoms with Crippen LogP contribution >= 0.6 is 11.8 Å². The first-order chi connectivity index (χ1) is 10.3. The largest absolute Gasteiger partial charge is 0.497 e. The van der Waals surface area contributed by atoms with Gasteiger partial charge in [-0.25, -0.2) is 0 Å². The number of hydrazine groups is 1.